The number of hydrogen-bond donors (Lipinski definition) is 2. The van der Waals surface area contributed by atoms with Crippen LogP contribution in [-0.4, -0.2) is 50.3 Å². The van der Waals surface area contributed by atoms with E-state index < -0.39 is 0 Å². The monoisotopic (exact) mass is 467 g/mol. The summed E-state index contributed by atoms with van der Waals surface area (Å²) in [5.74, 6) is 3.83. The highest BCUT2D eigenvalue weighted by atomic mass is 35.5. The molecular weight excluding hydrogens is 434 g/mol. The molecule has 0 radical (unpaired) electrons. The van der Waals surface area contributed by atoms with E-state index in [0.717, 1.165) is 54.0 Å². The lowest BCUT2D eigenvalue weighted by atomic mass is 9.82. The van der Waals surface area contributed by atoms with Gasteiger partial charge in [0.2, 0.25) is 5.95 Å². The van der Waals surface area contributed by atoms with Crippen molar-refractivity contribution in [3.63, 3.8) is 0 Å². The van der Waals surface area contributed by atoms with Crippen LogP contribution in [0.5, 0.6) is 5.75 Å². The predicted molar refractivity (Wildman–Crippen MR) is 138 cm³/mol. The van der Waals surface area contributed by atoms with E-state index in [0.29, 0.717) is 17.5 Å². The van der Waals surface area contributed by atoms with Gasteiger partial charge in [-0.15, -0.1) is 0 Å². The van der Waals surface area contributed by atoms with E-state index in [1.807, 2.05) is 61.5 Å². The highest BCUT2D eigenvalue weighted by Gasteiger charge is 2.21. The van der Waals surface area contributed by atoms with Gasteiger partial charge in [0, 0.05) is 32.6 Å². The Bertz CT molecular complexity index is 1040. The second-order valence-corrected chi connectivity index (χ2v) is 9.44. The maximum atomic E-state index is 6.12. The number of benzene rings is 2. The Balaban J connectivity index is 1.17. The third kappa shape index (κ3) is 6.49. The average molecular weight is 468 g/mol. The number of nitrogens with zero attached hydrogens (tertiary/aromatic N) is 3. The largest absolute Gasteiger partial charge is 0.491 e. The standard InChI is InChI=1S/C26H34ClN5O/c1-32(2)25-21-7-3-5-9-23(21)30-26(31-25)29-18-20-13-11-19(12-14-20)17-28-15-16-33-24-10-6-4-8-22(24)27/h3-10,19-20,28H,11-18H2,1-2H3,(H,29,30,31). The molecule has 176 valence electrons. The molecule has 4 rings (SSSR count). The summed E-state index contributed by atoms with van der Waals surface area (Å²) in [5.41, 5.74) is 0.979. The molecule has 0 aliphatic heterocycles. The maximum absolute atomic E-state index is 6.12. The van der Waals surface area contributed by atoms with E-state index >= 15 is 0 Å². The molecule has 33 heavy (non-hydrogen) atoms. The molecule has 3 aromatic rings. The van der Waals surface area contributed by atoms with Crippen molar-refractivity contribution in [3.8, 4) is 5.75 Å². The smallest absolute Gasteiger partial charge is 0.225 e. The van der Waals surface area contributed by atoms with Crippen molar-refractivity contribution in [3.05, 3.63) is 53.6 Å². The van der Waals surface area contributed by atoms with Crippen LogP contribution >= 0.6 is 11.6 Å². The van der Waals surface area contributed by atoms with E-state index in [1.165, 1.54) is 25.7 Å². The lowest BCUT2D eigenvalue weighted by Crippen LogP contribution is -2.30. The summed E-state index contributed by atoms with van der Waals surface area (Å²) >= 11 is 6.12. The molecule has 7 heteroatoms. The molecule has 0 amide bonds. The Hall–Kier alpha value is -2.57. The molecule has 1 heterocycles. The van der Waals surface area contributed by atoms with Gasteiger partial charge in [-0.2, -0.15) is 4.98 Å². The summed E-state index contributed by atoms with van der Waals surface area (Å²) in [6, 6.07) is 15.8. The fourth-order valence-corrected chi connectivity index (χ4v) is 4.65. The van der Waals surface area contributed by atoms with Crippen LogP contribution in [0.4, 0.5) is 11.8 Å². The molecule has 0 saturated heterocycles. The van der Waals surface area contributed by atoms with Gasteiger partial charge in [0.1, 0.15) is 18.2 Å². The number of para-hydroxylation sites is 2. The fraction of sp³-hybridized carbons (Fsp3) is 0.462. The van der Waals surface area contributed by atoms with Gasteiger partial charge in [0.05, 0.1) is 10.5 Å². The van der Waals surface area contributed by atoms with Crippen LogP contribution in [0.1, 0.15) is 25.7 Å². The number of ether oxygens (including phenoxy) is 1. The van der Waals surface area contributed by atoms with Gasteiger partial charge in [0.25, 0.3) is 0 Å². The van der Waals surface area contributed by atoms with Gasteiger partial charge < -0.3 is 20.3 Å². The second-order valence-electron chi connectivity index (χ2n) is 9.03. The number of fused-ring (bicyclic) bond motifs is 1. The normalized spacial score (nSPS) is 18.3. The van der Waals surface area contributed by atoms with Crippen molar-refractivity contribution < 1.29 is 4.74 Å². The van der Waals surface area contributed by atoms with Crippen molar-refractivity contribution in [2.75, 3.05) is 50.6 Å². The molecule has 0 spiro atoms. The first-order chi connectivity index (χ1) is 16.1. The molecule has 1 aromatic heterocycles. The number of nitrogens with one attached hydrogen (secondary N) is 2. The summed E-state index contributed by atoms with van der Waals surface area (Å²) in [6.07, 6.45) is 4.99. The minimum Gasteiger partial charge on any atom is -0.491 e. The third-order valence-corrected chi connectivity index (χ3v) is 6.64. The zero-order chi connectivity index (χ0) is 23.0. The molecule has 1 aliphatic rings. The third-order valence-electron chi connectivity index (χ3n) is 6.33. The van der Waals surface area contributed by atoms with Gasteiger partial charge >= 0.3 is 0 Å². The molecule has 6 nitrogen and oxygen atoms in total. The van der Waals surface area contributed by atoms with Crippen molar-refractivity contribution in [2.45, 2.75) is 25.7 Å². The van der Waals surface area contributed by atoms with Gasteiger partial charge in [-0.3, -0.25) is 0 Å². The van der Waals surface area contributed by atoms with Crippen LogP contribution in [0.3, 0.4) is 0 Å². The Kier molecular flexibility index (Phi) is 8.24. The summed E-state index contributed by atoms with van der Waals surface area (Å²) in [5, 5.41) is 8.79. The van der Waals surface area contributed by atoms with Crippen molar-refractivity contribution in [1.29, 1.82) is 0 Å². The number of anilines is 2. The Labute approximate surface area is 201 Å². The second kappa shape index (κ2) is 11.5. The number of rotatable bonds is 10. The van der Waals surface area contributed by atoms with Gasteiger partial charge in [-0.1, -0.05) is 35.9 Å². The van der Waals surface area contributed by atoms with E-state index in [4.69, 9.17) is 26.3 Å². The SMILES string of the molecule is CN(C)c1nc(NCC2CCC(CNCCOc3ccccc3Cl)CC2)nc2ccccc12. The number of halogens is 1. The molecule has 0 atom stereocenters. The molecule has 1 aliphatic carbocycles. The molecule has 0 bridgehead atoms. The summed E-state index contributed by atoms with van der Waals surface area (Å²) in [7, 11) is 4.05. The lowest BCUT2D eigenvalue weighted by molar-refractivity contribution is 0.264. The molecule has 0 unspecified atom stereocenters. The van der Waals surface area contributed by atoms with E-state index in [9.17, 15) is 0 Å². The zero-order valence-corrected chi connectivity index (χ0v) is 20.3. The lowest BCUT2D eigenvalue weighted by Gasteiger charge is -2.29. The van der Waals surface area contributed by atoms with E-state index in [2.05, 4.69) is 16.7 Å². The summed E-state index contributed by atoms with van der Waals surface area (Å²) in [6.45, 7) is 3.44. The van der Waals surface area contributed by atoms with Crippen molar-refractivity contribution in [2.24, 2.45) is 11.8 Å². The highest BCUT2D eigenvalue weighted by Crippen LogP contribution is 2.29. The first-order valence-corrected chi connectivity index (χ1v) is 12.2. The maximum Gasteiger partial charge on any atom is 0.225 e. The van der Waals surface area contributed by atoms with Gasteiger partial charge in [-0.05, 0) is 68.3 Å². The Morgan fingerprint density at radius 2 is 1.64 bits per heavy atom. The molecular formula is C26H34ClN5O. The fourth-order valence-electron chi connectivity index (χ4n) is 4.46. The first-order valence-electron chi connectivity index (χ1n) is 11.9. The summed E-state index contributed by atoms with van der Waals surface area (Å²) in [4.78, 5) is 11.5. The topological polar surface area (TPSA) is 62.3 Å². The van der Waals surface area contributed by atoms with Crippen LogP contribution in [0.2, 0.25) is 5.02 Å². The Morgan fingerprint density at radius 1 is 0.939 bits per heavy atom. The molecule has 1 saturated carbocycles. The predicted octanol–water partition coefficient (Wildman–Crippen LogP) is 5.24. The summed E-state index contributed by atoms with van der Waals surface area (Å²) < 4.78 is 5.75. The number of aromatic nitrogens is 2. The first kappa shape index (κ1) is 23.6. The minimum absolute atomic E-state index is 0.629. The Morgan fingerprint density at radius 3 is 2.39 bits per heavy atom. The zero-order valence-electron chi connectivity index (χ0n) is 19.6. The molecule has 2 aromatic carbocycles. The van der Waals surface area contributed by atoms with Crippen molar-refractivity contribution in [1.82, 2.24) is 15.3 Å². The van der Waals surface area contributed by atoms with Gasteiger partial charge in [0.15, 0.2) is 0 Å². The molecule has 1 fully saturated rings. The van der Waals surface area contributed by atoms with Crippen LogP contribution in [0.15, 0.2) is 48.5 Å². The van der Waals surface area contributed by atoms with Crippen LogP contribution in [0, 0.1) is 11.8 Å². The van der Waals surface area contributed by atoms with Crippen LogP contribution < -0.4 is 20.3 Å². The highest BCUT2D eigenvalue weighted by molar-refractivity contribution is 6.32. The van der Waals surface area contributed by atoms with Crippen molar-refractivity contribution >= 4 is 34.3 Å². The van der Waals surface area contributed by atoms with E-state index in [1.54, 1.807) is 0 Å². The minimum atomic E-state index is 0.629. The van der Waals surface area contributed by atoms with Crippen LogP contribution in [-0.2, 0) is 0 Å². The average Bonchev–Trinajstić information content (AvgIpc) is 2.83. The molecule has 2 N–H and O–H groups in total. The van der Waals surface area contributed by atoms with Crippen LogP contribution in [0.25, 0.3) is 10.9 Å². The van der Waals surface area contributed by atoms with Gasteiger partial charge in [-0.25, -0.2) is 4.98 Å². The quantitative estimate of drug-likeness (QED) is 0.398. The van der Waals surface area contributed by atoms with E-state index in [-0.39, 0.29) is 0 Å². The number of hydrogen-bond acceptors (Lipinski definition) is 6.